The van der Waals surface area contributed by atoms with Crippen molar-refractivity contribution in [3.63, 3.8) is 0 Å². The summed E-state index contributed by atoms with van der Waals surface area (Å²) in [6.45, 7) is 7.83. The zero-order valence-electron chi connectivity index (χ0n) is 21.7. The Kier molecular flexibility index (Phi) is 8.98. The van der Waals surface area contributed by atoms with Gasteiger partial charge in [-0.2, -0.15) is 0 Å². The molecular formula is C26H33N3O6S. The Labute approximate surface area is 216 Å². The van der Waals surface area contributed by atoms with Gasteiger partial charge in [-0.3, -0.25) is 4.98 Å². The van der Waals surface area contributed by atoms with Gasteiger partial charge in [0.15, 0.2) is 11.5 Å². The molecule has 9 nitrogen and oxygen atoms in total. The number of nitrogens with zero attached hydrogens (tertiary/aromatic N) is 1. The number of carbonyl (C=O) groups excluding carboxylic acids is 1. The Morgan fingerprint density at radius 1 is 0.972 bits per heavy atom. The predicted molar refractivity (Wildman–Crippen MR) is 142 cm³/mol. The van der Waals surface area contributed by atoms with Crippen LogP contribution in [0.15, 0.2) is 36.7 Å². The fourth-order valence-corrected chi connectivity index (χ4v) is 4.17. The molecule has 36 heavy (non-hydrogen) atoms. The van der Waals surface area contributed by atoms with E-state index in [0.29, 0.717) is 41.7 Å². The van der Waals surface area contributed by atoms with Crippen LogP contribution >= 0.6 is 12.1 Å². The monoisotopic (exact) mass is 515 g/mol. The zero-order valence-corrected chi connectivity index (χ0v) is 22.5. The van der Waals surface area contributed by atoms with E-state index in [-0.39, 0.29) is 0 Å². The van der Waals surface area contributed by atoms with Gasteiger partial charge in [0.2, 0.25) is 5.75 Å². The molecule has 0 atom stereocenters. The molecule has 1 amide bonds. The van der Waals surface area contributed by atoms with E-state index in [0.717, 1.165) is 34.0 Å². The van der Waals surface area contributed by atoms with Crippen molar-refractivity contribution in [2.45, 2.75) is 39.7 Å². The van der Waals surface area contributed by atoms with Gasteiger partial charge in [0.25, 0.3) is 0 Å². The van der Waals surface area contributed by atoms with Crippen molar-refractivity contribution in [3.05, 3.63) is 47.8 Å². The molecular weight excluding hydrogens is 482 g/mol. The fourth-order valence-electron chi connectivity index (χ4n) is 3.68. The van der Waals surface area contributed by atoms with Crippen LogP contribution in [0.3, 0.4) is 0 Å². The molecule has 10 heteroatoms. The van der Waals surface area contributed by atoms with E-state index in [9.17, 15) is 4.79 Å². The molecule has 0 fully saturated rings. The molecule has 2 aromatic carbocycles. The maximum absolute atomic E-state index is 12.1. The first-order valence-electron chi connectivity index (χ1n) is 11.4. The molecule has 0 spiro atoms. The van der Waals surface area contributed by atoms with E-state index in [1.807, 2.05) is 58.2 Å². The van der Waals surface area contributed by atoms with Crippen molar-refractivity contribution in [1.82, 2.24) is 9.71 Å². The summed E-state index contributed by atoms with van der Waals surface area (Å²) in [6, 6.07) is 7.76. The number of hydrogen-bond donors (Lipinski definition) is 2. The Bertz CT molecular complexity index is 1190. The molecule has 0 radical (unpaired) electrons. The third-order valence-electron chi connectivity index (χ3n) is 5.09. The molecule has 0 aliphatic rings. The highest BCUT2D eigenvalue weighted by Crippen LogP contribution is 2.40. The number of pyridine rings is 1. The summed E-state index contributed by atoms with van der Waals surface area (Å²) in [4.78, 5) is 16.5. The minimum absolute atomic E-state index is 0.489. The minimum Gasteiger partial charge on any atom is -0.493 e. The van der Waals surface area contributed by atoms with Crippen LogP contribution in [-0.2, 0) is 11.2 Å². The summed E-state index contributed by atoms with van der Waals surface area (Å²) in [5.41, 5.74) is 2.09. The van der Waals surface area contributed by atoms with E-state index < -0.39 is 11.7 Å². The summed E-state index contributed by atoms with van der Waals surface area (Å²) >= 11 is 1.00. The molecule has 1 heterocycles. The Morgan fingerprint density at radius 2 is 1.67 bits per heavy atom. The average Bonchev–Trinajstić information content (AvgIpc) is 2.83. The van der Waals surface area contributed by atoms with E-state index in [1.165, 1.54) is 0 Å². The molecule has 0 bridgehead atoms. The van der Waals surface area contributed by atoms with E-state index >= 15 is 0 Å². The molecule has 2 N–H and O–H groups in total. The number of methoxy groups -OCH3 is 3. The third kappa shape index (κ3) is 6.57. The Hall–Kier alpha value is -3.53. The molecule has 0 aliphatic carbocycles. The van der Waals surface area contributed by atoms with Gasteiger partial charge >= 0.3 is 6.09 Å². The number of fused-ring (bicyclic) bond motifs is 1. The van der Waals surface area contributed by atoms with E-state index in [4.69, 9.17) is 23.7 Å². The second-order valence-corrected chi connectivity index (χ2v) is 9.40. The molecule has 3 aromatic rings. The van der Waals surface area contributed by atoms with Crippen LogP contribution in [-0.4, -0.2) is 44.6 Å². The summed E-state index contributed by atoms with van der Waals surface area (Å²) in [6.07, 6.45) is 3.64. The lowest BCUT2D eigenvalue weighted by Crippen LogP contribution is -2.29. The number of anilines is 1. The summed E-state index contributed by atoms with van der Waals surface area (Å²) < 4.78 is 33.4. The zero-order chi connectivity index (χ0) is 26.3. The van der Waals surface area contributed by atoms with Gasteiger partial charge in [-0.15, -0.1) is 0 Å². The first-order chi connectivity index (χ1) is 17.2. The van der Waals surface area contributed by atoms with Gasteiger partial charge in [-0.05, 0) is 68.8 Å². The van der Waals surface area contributed by atoms with Crippen molar-refractivity contribution in [2.24, 2.45) is 0 Å². The maximum Gasteiger partial charge on any atom is 0.419 e. The normalized spacial score (nSPS) is 11.1. The number of amides is 1. The number of hydrogen-bond acceptors (Lipinski definition) is 9. The van der Waals surface area contributed by atoms with Crippen LogP contribution in [0.4, 0.5) is 10.5 Å². The largest absolute Gasteiger partial charge is 0.493 e. The highest BCUT2D eigenvalue weighted by atomic mass is 32.2. The van der Waals surface area contributed by atoms with Gasteiger partial charge in [-0.25, -0.2) is 9.52 Å². The highest BCUT2D eigenvalue weighted by Gasteiger charge is 2.18. The van der Waals surface area contributed by atoms with Crippen LogP contribution in [0.1, 0.15) is 38.8 Å². The van der Waals surface area contributed by atoms with E-state index in [2.05, 4.69) is 14.4 Å². The summed E-state index contributed by atoms with van der Waals surface area (Å²) in [5.74, 6) is 2.37. The number of aromatic nitrogens is 1. The second kappa shape index (κ2) is 11.9. The second-order valence-electron chi connectivity index (χ2n) is 8.78. The smallest absolute Gasteiger partial charge is 0.419 e. The lowest BCUT2D eigenvalue weighted by atomic mass is 9.99. The van der Waals surface area contributed by atoms with Crippen molar-refractivity contribution < 1.29 is 28.5 Å². The van der Waals surface area contributed by atoms with E-state index in [1.54, 1.807) is 27.5 Å². The first-order valence-corrected chi connectivity index (χ1v) is 12.2. The number of nitrogens with one attached hydrogen (secondary N) is 2. The topological polar surface area (TPSA) is 100 Å². The number of benzene rings is 2. The van der Waals surface area contributed by atoms with Crippen molar-refractivity contribution in [2.75, 3.05) is 32.7 Å². The van der Waals surface area contributed by atoms with Gasteiger partial charge in [0.05, 0.1) is 45.8 Å². The molecule has 0 saturated heterocycles. The van der Waals surface area contributed by atoms with Crippen LogP contribution in [0.5, 0.6) is 23.0 Å². The predicted octanol–water partition coefficient (Wildman–Crippen LogP) is 5.75. The Balaban J connectivity index is 1.94. The molecule has 3 rings (SSSR count). The number of rotatable bonds is 10. The van der Waals surface area contributed by atoms with Crippen molar-refractivity contribution in [1.29, 1.82) is 0 Å². The SMILES string of the molecule is CCOc1ccc2c(Cc3cc(OC)c(OC)c(OC)c3)cncc2c1NSNC(=O)OC(C)(C)C. The highest BCUT2D eigenvalue weighted by molar-refractivity contribution is 7.99. The van der Waals surface area contributed by atoms with Crippen molar-refractivity contribution in [3.8, 4) is 23.0 Å². The van der Waals surface area contributed by atoms with Crippen molar-refractivity contribution >= 4 is 34.7 Å². The minimum atomic E-state index is -0.591. The van der Waals surface area contributed by atoms with Gasteiger partial charge in [0, 0.05) is 17.8 Å². The molecule has 0 aliphatic heterocycles. The fraction of sp³-hybridized carbons (Fsp3) is 0.385. The first kappa shape index (κ1) is 27.1. The number of carbonyl (C=O) groups is 1. The van der Waals surface area contributed by atoms with Crippen LogP contribution in [0.25, 0.3) is 10.8 Å². The van der Waals surface area contributed by atoms with Gasteiger partial charge in [-0.1, -0.05) is 6.07 Å². The third-order valence-corrected chi connectivity index (χ3v) is 5.67. The Morgan fingerprint density at radius 3 is 2.25 bits per heavy atom. The quantitative estimate of drug-likeness (QED) is 0.327. The lowest BCUT2D eigenvalue weighted by Gasteiger charge is -2.20. The molecule has 0 saturated carbocycles. The van der Waals surface area contributed by atoms with Gasteiger partial charge < -0.3 is 28.4 Å². The van der Waals surface area contributed by atoms with Crippen LogP contribution in [0.2, 0.25) is 0 Å². The maximum atomic E-state index is 12.1. The lowest BCUT2D eigenvalue weighted by molar-refractivity contribution is 0.0575. The standard InChI is InChI=1S/C26H33N3O6S/c1-8-34-20-10-9-18-17(11-16-12-21(31-5)24(33-7)22(13-16)32-6)14-27-15-19(18)23(20)28-36-29-25(30)35-26(2,3)4/h9-10,12-15,28H,8,11H2,1-7H3,(H,29,30). The molecule has 1 aromatic heterocycles. The van der Waals surface area contributed by atoms with Crippen LogP contribution in [0, 0.1) is 0 Å². The molecule has 0 unspecified atom stereocenters. The van der Waals surface area contributed by atoms with Gasteiger partial charge in [0.1, 0.15) is 11.4 Å². The average molecular weight is 516 g/mol. The summed E-state index contributed by atoms with van der Waals surface area (Å²) in [7, 11) is 4.77. The number of ether oxygens (including phenoxy) is 5. The molecule has 194 valence electrons. The van der Waals surface area contributed by atoms with Crippen LogP contribution < -0.4 is 28.4 Å². The summed E-state index contributed by atoms with van der Waals surface area (Å²) in [5, 5.41) is 1.84.